The van der Waals surface area contributed by atoms with E-state index < -0.39 is 10.7 Å². The minimum Gasteiger partial charge on any atom is -0.369 e. The maximum absolute atomic E-state index is 13.4. The fourth-order valence-corrected chi connectivity index (χ4v) is 1.75. The van der Waals surface area contributed by atoms with Gasteiger partial charge in [0.15, 0.2) is 0 Å². The molecule has 7 heteroatoms. The van der Waals surface area contributed by atoms with Gasteiger partial charge in [0.25, 0.3) is 5.69 Å². The summed E-state index contributed by atoms with van der Waals surface area (Å²) in [5.74, 6) is -0.655. The van der Waals surface area contributed by atoms with E-state index >= 15 is 0 Å². The van der Waals surface area contributed by atoms with Gasteiger partial charge in [0.2, 0.25) is 0 Å². The fourth-order valence-electron chi connectivity index (χ4n) is 1.59. The summed E-state index contributed by atoms with van der Waals surface area (Å²) in [5, 5.41) is 13.6. The predicted octanol–water partition coefficient (Wildman–Crippen LogP) is 2.43. The van der Waals surface area contributed by atoms with Crippen molar-refractivity contribution in [1.82, 2.24) is 5.32 Å². The highest BCUT2D eigenvalue weighted by atomic mass is 35.5. The molecule has 0 aliphatic heterocycles. The number of hydrogen-bond donors (Lipinski definition) is 1. The Morgan fingerprint density at radius 2 is 2.22 bits per heavy atom. The van der Waals surface area contributed by atoms with Gasteiger partial charge in [0.1, 0.15) is 11.5 Å². The molecule has 1 aromatic carbocycles. The molecule has 0 aliphatic rings. The van der Waals surface area contributed by atoms with E-state index in [1.807, 2.05) is 7.05 Å². The first-order chi connectivity index (χ1) is 8.47. The van der Waals surface area contributed by atoms with Crippen LogP contribution in [0.4, 0.5) is 15.8 Å². The molecule has 0 radical (unpaired) electrons. The van der Waals surface area contributed by atoms with Crippen LogP contribution in [0, 0.1) is 15.9 Å². The molecule has 0 fully saturated rings. The molecule has 0 unspecified atom stereocenters. The Kier molecular flexibility index (Phi) is 5.30. The molecule has 0 aliphatic carbocycles. The van der Waals surface area contributed by atoms with Crippen LogP contribution >= 0.6 is 11.6 Å². The lowest BCUT2D eigenvalue weighted by atomic mass is 10.2. The van der Waals surface area contributed by atoms with E-state index in [0.717, 1.165) is 25.1 Å². The van der Waals surface area contributed by atoms with Crippen molar-refractivity contribution >= 4 is 23.0 Å². The van der Waals surface area contributed by atoms with Crippen LogP contribution in [0.15, 0.2) is 12.1 Å². The van der Waals surface area contributed by atoms with Gasteiger partial charge in [-0.2, -0.15) is 0 Å². The van der Waals surface area contributed by atoms with Crippen molar-refractivity contribution in [1.29, 1.82) is 0 Å². The van der Waals surface area contributed by atoms with Gasteiger partial charge < -0.3 is 10.2 Å². The van der Waals surface area contributed by atoms with Crippen molar-refractivity contribution in [2.24, 2.45) is 0 Å². The standard InChI is InChI=1S/C11H15ClFN3O2/c1-14-4-3-5-15(2)10-7-9(13)8(12)6-11(10)16(17)18/h6-7,14H,3-5H2,1-2H3. The Morgan fingerprint density at radius 3 is 2.78 bits per heavy atom. The lowest BCUT2D eigenvalue weighted by Gasteiger charge is -2.19. The highest BCUT2D eigenvalue weighted by Gasteiger charge is 2.20. The average molecular weight is 276 g/mol. The minimum absolute atomic E-state index is 0.187. The first-order valence-electron chi connectivity index (χ1n) is 5.46. The van der Waals surface area contributed by atoms with E-state index in [4.69, 9.17) is 11.6 Å². The highest BCUT2D eigenvalue weighted by molar-refractivity contribution is 6.31. The number of nitro benzene ring substituents is 1. The largest absolute Gasteiger partial charge is 0.369 e. The molecule has 5 nitrogen and oxygen atoms in total. The summed E-state index contributed by atoms with van der Waals surface area (Å²) in [6.07, 6.45) is 0.800. The normalized spacial score (nSPS) is 10.4. The average Bonchev–Trinajstić information content (AvgIpc) is 2.32. The van der Waals surface area contributed by atoms with Gasteiger partial charge in [-0.3, -0.25) is 10.1 Å². The van der Waals surface area contributed by atoms with Crippen LogP contribution in [0.3, 0.4) is 0 Å². The SMILES string of the molecule is CNCCCN(C)c1cc(F)c(Cl)cc1[N+](=O)[O-]. The van der Waals surface area contributed by atoms with Crippen molar-refractivity contribution in [3.63, 3.8) is 0 Å². The number of nitrogens with zero attached hydrogens (tertiary/aromatic N) is 2. The molecule has 0 heterocycles. The Morgan fingerprint density at radius 1 is 1.56 bits per heavy atom. The third-order valence-electron chi connectivity index (χ3n) is 2.55. The molecule has 18 heavy (non-hydrogen) atoms. The smallest absolute Gasteiger partial charge is 0.294 e. The Hall–Kier alpha value is -1.40. The summed E-state index contributed by atoms with van der Waals surface area (Å²) in [6.45, 7) is 1.37. The number of halogens is 2. The molecule has 0 aromatic heterocycles. The van der Waals surface area contributed by atoms with E-state index in [1.165, 1.54) is 0 Å². The number of nitro groups is 1. The van der Waals surface area contributed by atoms with Crippen LogP contribution in [0.2, 0.25) is 5.02 Å². The molecular weight excluding hydrogens is 261 g/mol. The van der Waals surface area contributed by atoms with Crippen molar-refractivity contribution in [2.75, 3.05) is 32.1 Å². The maximum atomic E-state index is 13.4. The zero-order chi connectivity index (χ0) is 13.7. The summed E-state index contributed by atoms with van der Waals surface area (Å²) < 4.78 is 13.4. The van der Waals surface area contributed by atoms with Gasteiger partial charge in [-0.15, -0.1) is 0 Å². The molecule has 0 atom stereocenters. The summed E-state index contributed by atoms with van der Waals surface area (Å²) >= 11 is 5.55. The second kappa shape index (κ2) is 6.51. The van der Waals surface area contributed by atoms with E-state index in [-0.39, 0.29) is 16.4 Å². The van der Waals surface area contributed by atoms with Gasteiger partial charge in [-0.1, -0.05) is 11.6 Å². The quantitative estimate of drug-likeness (QED) is 0.492. The van der Waals surface area contributed by atoms with Crippen molar-refractivity contribution in [3.8, 4) is 0 Å². The molecule has 0 bridgehead atoms. The first-order valence-corrected chi connectivity index (χ1v) is 5.84. The van der Waals surface area contributed by atoms with Gasteiger partial charge >= 0.3 is 0 Å². The lowest BCUT2D eigenvalue weighted by molar-refractivity contribution is -0.384. The third-order valence-corrected chi connectivity index (χ3v) is 2.84. The minimum atomic E-state index is -0.655. The summed E-state index contributed by atoms with van der Waals surface area (Å²) in [5.41, 5.74) is 0.0476. The maximum Gasteiger partial charge on any atom is 0.294 e. The highest BCUT2D eigenvalue weighted by Crippen LogP contribution is 2.32. The summed E-state index contributed by atoms with van der Waals surface area (Å²) in [7, 11) is 3.51. The van der Waals surface area contributed by atoms with Gasteiger partial charge in [0, 0.05) is 25.7 Å². The second-order valence-corrected chi connectivity index (χ2v) is 4.30. The van der Waals surface area contributed by atoms with Crippen LogP contribution in [-0.4, -0.2) is 32.1 Å². The topological polar surface area (TPSA) is 58.4 Å². The third kappa shape index (κ3) is 3.54. The molecule has 0 saturated carbocycles. The number of nitrogens with one attached hydrogen (secondary N) is 1. The van der Waals surface area contributed by atoms with Crippen LogP contribution in [0.1, 0.15) is 6.42 Å². The number of rotatable bonds is 6. The Bertz CT molecular complexity index is 443. The molecule has 1 N–H and O–H groups in total. The lowest BCUT2D eigenvalue weighted by Crippen LogP contribution is -2.23. The summed E-state index contributed by atoms with van der Waals surface area (Å²) in [4.78, 5) is 12.0. The van der Waals surface area contributed by atoms with Crippen LogP contribution in [-0.2, 0) is 0 Å². The Labute approximate surface area is 110 Å². The fraction of sp³-hybridized carbons (Fsp3) is 0.455. The van der Waals surface area contributed by atoms with Gasteiger partial charge in [-0.05, 0) is 20.0 Å². The molecular formula is C11H15ClFN3O2. The molecule has 0 saturated heterocycles. The summed E-state index contributed by atoms with van der Waals surface area (Å²) in [6, 6.07) is 2.14. The molecule has 100 valence electrons. The molecule has 0 amide bonds. The number of hydrogen-bond acceptors (Lipinski definition) is 4. The van der Waals surface area contributed by atoms with E-state index in [0.29, 0.717) is 6.54 Å². The van der Waals surface area contributed by atoms with E-state index in [1.54, 1.807) is 11.9 Å². The van der Waals surface area contributed by atoms with Crippen LogP contribution in [0.5, 0.6) is 0 Å². The van der Waals surface area contributed by atoms with E-state index in [9.17, 15) is 14.5 Å². The zero-order valence-electron chi connectivity index (χ0n) is 10.2. The monoisotopic (exact) mass is 275 g/mol. The molecule has 1 aromatic rings. The zero-order valence-corrected chi connectivity index (χ0v) is 11.0. The van der Waals surface area contributed by atoms with Gasteiger partial charge in [-0.25, -0.2) is 4.39 Å². The molecule has 1 rings (SSSR count). The Balaban J connectivity index is 2.98. The van der Waals surface area contributed by atoms with Crippen molar-refractivity contribution < 1.29 is 9.31 Å². The van der Waals surface area contributed by atoms with Crippen LogP contribution in [0.25, 0.3) is 0 Å². The van der Waals surface area contributed by atoms with E-state index in [2.05, 4.69) is 5.32 Å². The first kappa shape index (κ1) is 14.7. The van der Waals surface area contributed by atoms with Crippen LogP contribution < -0.4 is 10.2 Å². The van der Waals surface area contributed by atoms with Gasteiger partial charge in [0.05, 0.1) is 9.95 Å². The van der Waals surface area contributed by atoms with Crippen molar-refractivity contribution in [3.05, 3.63) is 33.1 Å². The second-order valence-electron chi connectivity index (χ2n) is 3.89. The number of anilines is 1. The molecule has 0 spiro atoms. The van der Waals surface area contributed by atoms with Crippen molar-refractivity contribution in [2.45, 2.75) is 6.42 Å². The number of benzene rings is 1. The predicted molar refractivity (Wildman–Crippen MR) is 69.9 cm³/mol.